The topological polar surface area (TPSA) is 72.8 Å². The molecule has 1 unspecified atom stereocenters. The van der Waals surface area contributed by atoms with E-state index in [1.807, 2.05) is 19.1 Å². The summed E-state index contributed by atoms with van der Waals surface area (Å²) in [6.45, 7) is 3.75. The zero-order valence-electron chi connectivity index (χ0n) is 13.3. The van der Waals surface area contributed by atoms with Crippen LogP contribution in [0.4, 0.5) is 0 Å². The number of carbonyl (C=O) groups is 2. The molecule has 0 radical (unpaired) electrons. The van der Waals surface area contributed by atoms with Crippen molar-refractivity contribution in [1.82, 2.24) is 0 Å². The molecule has 2 aromatic carbocycles. The van der Waals surface area contributed by atoms with Crippen LogP contribution in [0, 0.1) is 6.92 Å². The molecule has 6 heteroatoms. The van der Waals surface area contributed by atoms with Crippen LogP contribution in [0.3, 0.4) is 0 Å². The number of rotatable bonds is 6. The highest BCUT2D eigenvalue weighted by Crippen LogP contribution is 2.24. The maximum atomic E-state index is 12.3. The van der Waals surface area contributed by atoms with Gasteiger partial charge in [-0.15, -0.1) is 0 Å². The Hall–Kier alpha value is -2.34. The Bertz CT molecular complexity index is 740. The fourth-order valence-electron chi connectivity index (χ4n) is 2.01. The first-order valence-electron chi connectivity index (χ1n) is 7.38. The van der Waals surface area contributed by atoms with Crippen LogP contribution in [0.1, 0.15) is 29.3 Å². The molecule has 126 valence electrons. The third-order valence-corrected chi connectivity index (χ3v) is 3.81. The number of hydrogen-bond acceptors (Lipinski definition) is 4. The molecule has 0 amide bonds. The molecule has 2 aromatic rings. The molecule has 0 saturated heterocycles. The summed E-state index contributed by atoms with van der Waals surface area (Å²) in [5.74, 6) is -1.27. The van der Waals surface area contributed by atoms with Gasteiger partial charge < -0.3 is 14.6 Å². The van der Waals surface area contributed by atoms with E-state index in [-0.39, 0.29) is 11.3 Å². The van der Waals surface area contributed by atoms with E-state index in [1.165, 1.54) is 12.1 Å². The molecule has 0 aromatic heterocycles. The lowest BCUT2D eigenvalue weighted by Crippen LogP contribution is -2.31. The fourth-order valence-corrected chi connectivity index (χ4v) is 2.37. The number of benzene rings is 2. The minimum Gasteiger partial charge on any atom is -0.479 e. The van der Waals surface area contributed by atoms with Crippen LogP contribution in [0.25, 0.3) is 0 Å². The number of carbonyl (C=O) groups excluding carboxylic acids is 1. The largest absolute Gasteiger partial charge is 0.479 e. The smallest absolute Gasteiger partial charge is 0.352 e. The van der Waals surface area contributed by atoms with Crippen molar-refractivity contribution >= 4 is 27.9 Å². The summed E-state index contributed by atoms with van der Waals surface area (Å²) in [6.07, 6.45) is -0.427. The molecule has 1 atom stereocenters. The number of esters is 1. The first-order valence-corrected chi connectivity index (χ1v) is 8.18. The normalized spacial score (nSPS) is 11.6. The van der Waals surface area contributed by atoms with Crippen molar-refractivity contribution in [1.29, 1.82) is 0 Å². The van der Waals surface area contributed by atoms with E-state index in [2.05, 4.69) is 15.9 Å². The Kier molecular flexibility index (Phi) is 5.98. The Morgan fingerprint density at radius 2 is 1.83 bits per heavy atom. The Balaban J connectivity index is 2.15. The molecular weight excluding hydrogens is 376 g/mol. The predicted molar refractivity (Wildman–Crippen MR) is 92.6 cm³/mol. The molecule has 0 heterocycles. The minimum absolute atomic E-state index is 0.0124. The van der Waals surface area contributed by atoms with E-state index < -0.39 is 18.0 Å². The number of carboxylic acid groups (broad SMARTS) is 1. The van der Waals surface area contributed by atoms with Crippen molar-refractivity contribution in [3.8, 4) is 11.5 Å². The van der Waals surface area contributed by atoms with E-state index >= 15 is 0 Å². The summed E-state index contributed by atoms with van der Waals surface area (Å²) < 4.78 is 11.5. The SMILES string of the molecule is CCC(Oc1ccc(C)cc1)C(=O)Oc1ccc(Br)cc1C(=O)O. The number of halogens is 1. The molecule has 0 fully saturated rings. The lowest BCUT2D eigenvalue weighted by molar-refractivity contribution is -0.142. The van der Waals surface area contributed by atoms with E-state index in [0.29, 0.717) is 16.6 Å². The standard InChI is InChI=1S/C18H17BrO5/c1-3-15(23-13-7-4-11(2)5-8-13)18(22)24-16-9-6-12(19)10-14(16)17(20)21/h4-10,15H,3H2,1-2H3,(H,20,21). The summed E-state index contributed by atoms with van der Waals surface area (Å²) in [7, 11) is 0. The molecule has 0 saturated carbocycles. The predicted octanol–water partition coefficient (Wildman–Crippen LogP) is 4.22. The second kappa shape index (κ2) is 7.97. The Morgan fingerprint density at radius 3 is 2.42 bits per heavy atom. The van der Waals surface area contributed by atoms with Gasteiger partial charge in [0.05, 0.1) is 0 Å². The van der Waals surface area contributed by atoms with E-state index in [1.54, 1.807) is 25.1 Å². The molecule has 5 nitrogen and oxygen atoms in total. The summed E-state index contributed by atoms with van der Waals surface area (Å²) >= 11 is 3.19. The van der Waals surface area contributed by atoms with Gasteiger partial charge in [-0.05, 0) is 43.7 Å². The number of carboxylic acids is 1. The van der Waals surface area contributed by atoms with Gasteiger partial charge >= 0.3 is 11.9 Å². The van der Waals surface area contributed by atoms with Crippen LogP contribution < -0.4 is 9.47 Å². The summed E-state index contributed by atoms with van der Waals surface area (Å²) in [6, 6.07) is 11.7. The van der Waals surface area contributed by atoms with Gasteiger partial charge in [-0.3, -0.25) is 0 Å². The van der Waals surface area contributed by atoms with Gasteiger partial charge in [0.25, 0.3) is 0 Å². The van der Waals surface area contributed by atoms with E-state index in [9.17, 15) is 14.7 Å². The molecule has 0 bridgehead atoms. The van der Waals surface area contributed by atoms with Crippen molar-refractivity contribution in [2.45, 2.75) is 26.4 Å². The van der Waals surface area contributed by atoms with Crippen LogP contribution in [0.5, 0.6) is 11.5 Å². The fraction of sp³-hybridized carbons (Fsp3) is 0.222. The number of ether oxygens (including phenoxy) is 2. The van der Waals surface area contributed by atoms with E-state index in [0.717, 1.165) is 5.56 Å². The molecule has 0 spiro atoms. The van der Waals surface area contributed by atoms with Gasteiger partial charge in [0.2, 0.25) is 0 Å². The second-order valence-corrected chi connectivity index (χ2v) is 6.11. The maximum Gasteiger partial charge on any atom is 0.352 e. The van der Waals surface area contributed by atoms with Crippen LogP contribution in [-0.2, 0) is 4.79 Å². The van der Waals surface area contributed by atoms with Crippen LogP contribution in [-0.4, -0.2) is 23.1 Å². The summed E-state index contributed by atoms with van der Waals surface area (Å²) in [4.78, 5) is 23.6. The van der Waals surface area contributed by atoms with E-state index in [4.69, 9.17) is 9.47 Å². The second-order valence-electron chi connectivity index (χ2n) is 5.19. The third-order valence-electron chi connectivity index (χ3n) is 3.32. The average molecular weight is 393 g/mol. The lowest BCUT2D eigenvalue weighted by Gasteiger charge is -2.17. The van der Waals surface area contributed by atoms with Gasteiger partial charge in [0.1, 0.15) is 17.1 Å². The molecule has 1 N–H and O–H groups in total. The van der Waals surface area contributed by atoms with Gasteiger partial charge in [0, 0.05) is 4.47 Å². The quantitative estimate of drug-likeness (QED) is 0.588. The zero-order valence-corrected chi connectivity index (χ0v) is 14.9. The van der Waals surface area contributed by atoms with Crippen molar-refractivity contribution in [2.24, 2.45) is 0 Å². The molecule has 24 heavy (non-hydrogen) atoms. The molecule has 0 aliphatic carbocycles. The van der Waals surface area contributed by atoms with Gasteiger partial charge in [-0.1, -0.05) is 40.5 Å². The van der Waals surface area contributed by atoms with Crippen molar-refractivity contribution in [3.63, 3.8) is 0 Å². The highest BCUT2D eigenvalue weighted by atomic mass is 79.9. The van der Waals surface area contributed by atoms with Crippen molar-refractivity contribution in [2.75, 3.05) is 0 Å². The van der Waals surface area contributed by atoms with Gasteiger partial charge in [-0.2, -0.15) is 0 Å². The van der Waals surface area contributed by atoms with Gasteiger partial charge in [-0.25, -0.2) is 9.59 Å². The Morgan fingerprint density at radius 1 is 1.17 bits per heavy atom. The molecule has 0 aliphatic rings. The maximum absolute atomic E-state index is 12.3. The Labute approximate surface area is 148 Å². The van der Waals surface area contributed by atoms with Crippen molar-refractivity contribution < 1.29 is 24.2 Å². The summed E-state index contributed by atoms with van der Waals surface area (Å²) in [5, 5.41) is 9.22. The monoisotopic (exact) mass is 392 g/mol. The summed E-state index contributed by atoms with van der Waals surface area (Å²) in [5.41, 5.74) is 0.988. The van der Waals surface area contributed by atoms with Crippen molar-refractivity contribution in [3.05, 3.63) is 58.1 Å². The number of hydrogen-bond donors (Lipinski definition) is 1. The first-order chi connectivity index (χ1) is 11.4. The first kappa shape index (κ1) is 18.0. The minimum atomic E-state index is -1.17. The van der Waals surface area contributed by atoms with Gasteiger partial charge in [0.15, 0.2) is 6.10 Å². The number of aryl methyl sites for hydroxylation is 1. The van der Waals surface area contributed by atoms with Crippen LogP contribution >= 0.6 is 15.9 Å². The average Bonchev–Trinajstić information content (AvgIpc) is 2.55. The third kappa shape index (κ3) is 4.58. The highest BCUT2D eigenvalue weighted by Gasteiger charge is 2.23. The molecular formula is C18H17BrO5. The van der Waals surface area contributed by atoms with Crippen LogP contribution in [0.15, 0.2) is 46.9 Å². The van der Waals surface area contributed by atoms with Crippen LogP contribution in [0.2, 0.25) is 0 Å². The zero-order chi connectivity index (χ0) is 17.7. The highest BCUT2D eigenvalue weighted by molar-refractivity contribution is 9.10. The molecule has 0 aliphatic heterocycles. The number of aromatic carboxylic acids is 1. The molecule has 2 rings (SSSR count). The lowest BCUT2D eigenvalue weighted by atomic mass is 10.2.